The van der Waals surface area contributed by atoms with E-state index in [0.717, 1.165) is 25.2 Å². The molecule has 1 aromatic carbocycles. The fraction of sp³-hybridized carbons (Fsp3) is 0.682. The van der Waals surface area contributed by atoms with E-state index in [1.807, 2.05) is 0 Å². The highest BCUT2D eigenvalue weighted by atomic mass is 19.4. The van der Waals surface area contributed by atoms with Crippen molar-refractivity contribution < 1.29 is 27.6 Å². The van der Waals surface area contributed by atoms with E-state index in [9.17, 15) is 28.1 Å². The van der Waals surface area contributed by atoms with Crippen LogP contribution in [0.25, 0.3) is 0 Å². The summed E-state index contributed by atoms with van der Waals surface area (Å²) >= 11 is 0. The van der Waals surface area contributed by atoms with Crippen LogP contribution in [0.5, 0.6) is 0 Å². The molecule has 1 aromatic rings. The van der Waals surface area contributed by atoms with Crippen LogP contribution in [0.15, 0.2) is 18.2 Å². The quantitative estimate of drug-likeness (QED) is 0.484. The third kappa shape index (κ3) is 6.35. The lowest BCUT2D eigenvalue weighted by molar-refractivity contribution is -0.384. The van der Waals surface area contributed by atoms with Crippen LogP contribution in [0.3, 0.4) is 0 Å². The van der Waals surface area contributed by atoms with Gasteiger partial charge in [-0.3, -0.25) is 19.8 Å². The summed E-state index contributed by atoms with van der Waals surface area (Å²) in [4.78, 5) is 27.4. The average molecular weight is 473 g/mol. The zero-order valence-electron chi connectivity index (χ0n) is 18.9. The number of nitrogens with one attached hydrogen (secondary N) is 1. The molecule has 2 heterocycles. The van der Waals surface area contributed by atoms with Crippen molar-refractivity contribution in [2.45, 2.75) is 38.9 Å². The number of alkyl halides is 3. The number of ether oxygens (including phenoxy) is 1. The molecule has 0 unspecified atom stereocenters. The van der Waals surface area contributed by atoms with E-state index in [2.05, 4.69) is 24.1 Å². The molecule has 184 valence electrons. The summed E-state index contributed by atoms with van der Waals surface area (Å²) < 4.78 is 44.3. The first-order chi connectivity index (χ1) is 15.6. The first-order valence-corrected chi connectivity index (χ1v) is 11.3. The zero-order valence-corrected chi connectivity index (χ0v) is 18.9. The number of hydrogen-bond acceptors (Lipinski definition) is 6. The summed E-state index contributed by atoms with van der Waals surface area (Å²) in [5, 5.41) is 14.5. The average Bonchev–Trinajstić information content (AvgIpc) is 2.78. The molecule has 8 nitrogen and oxygen atoms in total. The third-order valence-corrected chi connectivity index (χ3v) is 6.48. The Morgan fingerprint density at radius 1 is 1.21 bits per heavy atom. The van der Waals surface area contributed by atoms with Crippen molar-refractivity contribution in [3.8, 4) is 0 Å². The number of carbonyl (C=O) groups excluding carboxylic acids is 1. The summed E-state index contributed by atoms with van der Waals surface area (Å²) in [6, 6.07) is 2.80. The molecule has 0 radical (unpaired) electrons. The van der Waals surface area contributed by atoms with Gasteiger partial charge >= 0.3 is 6.18 Å². The van der Waals surface area contributed by atoms with Crippen molar-refractivity contribution in [2.75, 3.05) is 50.8 Å². The summed E-state index contributed by atoms with van der Waals surface area (Å²) in [7, 11) is 0. The van der Waals surface area contributed by atoms with Crippen molar-refractivity contribution in [1.82, 2.24) is 10.2 Å². The van der Waals surface area contributed by atoms with Crippen LogP contribution in [0.4, 0.5) is 24.5 Å². The van der Waals surface area contributed by atoms with Gasteiger partial charge in [0, 0.05) is 50.7 Å². The molecular weight excluding hydrogens is 441 g/mol. The second-order valence-electron chi connectivity index (χ2n) is 8.92. The minimum Gasteiger partial charge on any atom is -0.379 e. The van der Waals surface area contributed by atoms with Gasteiger partial charge in [0.1, 0.15) is 5.69 Å². The van der Waals surface area contributed by atoms with E-state index < -0.39 is 22.4 Å². The highest BCUT2D eigenvalue weighted by Crippen LogP contribution is 2.37. The number of hydrogen-bond donors (Lipinski definition) is 1. The summed E-state index contributed by atoms with van der Waals surface area (Å²) in [6.07, 6.45) is -3.69. The number of rotatable bonds is 7. The lowest BCUT2D eigenvalue weighted by Crippen LogP contribution is -2.52. The maximum atomic E-state index is 13.0. The number of nitrogens with zero attached hydrogens (tertiary/aromatic N) is 3. The molecule has 3 rings (SSSR count). The fourth-order valence-corrected chi connectivity index (χ4v) is 4.54. The van der Waals surface area contributed by atoms with Crippen LogP contribution in [0.1, 0.15) is 32.3 Å². The van der Waals surface area contributed by atoms with Crippen molar-refractivity contribution in [3.05, 3.63) is 33.9 Å². The molecule has 2 saturated heterocycles. The summed E-state index contributed by atoms with van der Waals surface area (Å²) in [6.45, 7) is 8.57. The molecule has 2 aliphatic heterocycles. The van der Waals surface area contributed by atoms with Gasteiger partial charge in [0.15, 0.2) is 0 Å². The molecule has 1 atom stereocenters. The van der Waals surface area contributed by atoms with Crippen LogP contribution in [0.2, 0.25) is 0 Å². The Balaban J connectivity index is 1.58. The minimum absolute atomic E-state index is 0.0459. The van der Waals surface area contributed by atoms with Gasteiger partial charge in [-0.2, -0.15) is 13.2 Å². The Bertz CT molecular complexity index is 835. The monoisotopic (exact) mass is 472 g/mol. The molecule has 0 spiro atoms. The molecule has 2 aliphatic rings. The van der Waals surface area contributed by atoms with Crippen LogP contribution in [-0.2, 0) is 15.7 Å². The number of anilines is 1. The number of piperidine rings is 1. The predicted molar refractivity (Wildman–Crippen MR) is 117 cm³/mol. The van der Waals surface area contributed by atoms with Crippen LogP contribution < -0.4 is 10.2 Å². The van der Waals surface area contributed by atoms with Crippen molar-refractivity contribution >= 4 is 17.3 Å². The molecular formula is C22H31F3N4O4. The van der Waals surface area contributed by atoms with Gasteiger partial charge in [0.25, 0.3) is 5.69 Å². The predicted octanol–water partition coefficient (Wildman–Crippen LogP) is 3.30. The van der Waals surface area contributed by atoms with E-state index >= 15 is 0 Å². The molecule has 0 bridgehead atoms. The molecule has 0 aliphatic carbocycles. The van der Waals surface area contributed by atoms with E-state index in [0.29, 0.717) is 57.7 Å². The Morgan fingerprint density at radius 3 is 2.39 bits per heavy atom. The number of nitro groups is 1. The van der Waals surface area contributed by atoms with Gasteiger partial charge in [0.2, 0.25) is 5.91 Å². The Labute approximate surface area is 191 Å². The van der Waals surface area contributed by atoms with Gasteiger partial charge in [-0.1, -0.05) is 13.8 Å². The Kier molecular flexibility index (Phi) is 8.17. The van der Waals surface area contributed by atoms with Gasteiger partial charge in [-0.25, -0.2) is 0 Å². The van der Waals surface area contributed by atoms with Crippen LogP contribution in [-0.4, -0.2) is 67.7 Å². The number of nitro benzene ring substituents is 1. The van der Waals surface area contributed by atoms with Crippen molar-refractivity contribution in [3.63, 3.8) is 0 Å². The molecule has 0 aromatic heterocycles. The fourth-order valence-electron chi connectivity index (χ4n) is 4.54. The maximum Gasteiger partial charge on any atom is 0.416 e. The lowest BCUT2D eigenvalue weighted by Gasteiger charge is -2.37. The van der Waals surface area contributed by atoms with E-state index in [1.54, 1.807) is 4.90 Å². The molecule has 1 N–H and O–H groups in total. The standard InChI is InChI=1S/C22H31F3N4O4/c1-15(2)20(28-9-11-33-12-10-28)14-26-21(30)16-5-7-27(8-6-16)18-4-3-17(22(23,24)25)13-19(18)29(31)32/h3-4,13,15-16,20H,5-12,14H2,1-2H3,(H,26,30)/t20-/m0/s1. The summed E-state index contributed by atoms with van der Waals surface area (Å²) in [5.41, 5.74) is -1.47. The van der Waals surface area contributed by atoms with Crippen molar-refractivity contribution in [1.29, 1.82) is 0 Å². The largest absolute Gasteiger partial charge is 0.416 e. The lowest BCUT2D eigenvalue weighted by atomic mass is 9.94. The smallest absolute Gasteiger partial charge is 0.379 e. The zero-order chi connectivity index (χ0) is 24.2. The van der Waals surface area contributed by atoms with Gasteiger partial charge < -0.3 is 15.0 Å². The molecule has 1 amide bonds. The molecule has 0 saturated carbocycles. The third-order valence-electron chi connectivity index (χ3n) is 6.48. The number of morpholine rings is 1. The number of benzene rings is 1. The van der Waals surface area contributed by atoms with Crippen LogP contribution in [0, 0.1) is 22.0 Å². The van der Waals surface area contributed by atoms with Gasteiger partial charge in [-0.15, -0.1) is 0 Å². The Hall–Kier alpha value is -2.40. The van der Waals surface area contributed by atoms with E-state index in [1.165, 1.54) is 0 Å². The molecule has 2 fully saturated rings. The van der Waals surface area contributed by atoms with E-state index in [-0.39, 0.29) is 23.6 Å². The van der Waals surface area contributed by atoms with Crippen LogP contribution >= 0.6 is 0 Å². The Morgan fingerprint density at radius 2 is 1.85 bits per heavy atom. The topological polar surface area (TPSA) is 88.0 Å². The highest BCUT2D eigenvalue weighted by molar-refractivity contribution is 5.79. The normalized spacial score (nSPS) is 19.5. The second kappa shape index (κ2) is 10.7. The number of carbonyl (C=O) groups is 1. The van der Waals surface area contributed by atoms with E-state index in [4.69, 9.17) is 4.74 Å². The first-order valence-electron chi connectivity index (χ1n) is 11.3. The number of halogens is 3. The minimum atomic E-state index is -4.65. The second-order valence-corrected chi connectivity index (χ2v) is 8.92. The SMILES string of the molecule is CC(C)[C@H](CNC(=O)C1CCN(c2ccc(C(F)(F)F)cc2[N+](=O)[O-])CC1)N1CCOCC1. The molecule has 33 heavy (non-hydrogen) atoms. The first kappa shape index (κ1) is 25.2. The molecule has 11 heteroatoms. The summed E-state index contributed by atoms with van der Waals surface area (Å²) in [5.74, 6) is 0.0909. The highest BCUT2D eigenvalue weighted by Gasteiger charge is 2.35. The maximum absolute atomic E-state index is 13.0. The van der Waals surface area contributed by atoms with Gasteiger partial charge in [0.05, 0.1) is 23.7 Å². The number of amides is 1. The van der Waals surface area contributed by atoms with Crippen molar-refractivity contribution in [2.24, 2.45) is 11.8 Å². The van der Waals surface area contributed by atoms with Gasteiger partial charge in [-0.05, 0) is 30.9 Å².